The Morgan fingerprint density at radius 1 is 1.48 bits per heavy atom. The van der Waals surface area contributed by atoms with Gasteiger partial charge < -0.3 is 4.74 Å². The zero-order valence-corrected chi connectivity index (χ0v) is 14.3. The molecule has 0 aliphatic carbocycles. The highest BCUT2D eigenvalue weighted by atomic mass is 35.5. The number of nitrogens with zero attached hydrogens (tertiary/aromatic N) is 2. The molecular weight excluding hydrogens is 336 g/mol. The second kappa shape index (κ2) is 8.17. The van der Waals surface area contributed by atoms with E-state index in [-0.39, 0.29) is 23.7 Å². The maximum absolute atomic E-state index is 12.4. The maximum atomic E-state index is 12.4. The number of ether oxygens (including phenoxy) is 1. The van der Waals surface area contributed by atoms with Gasteiger partial charge in [0.25, 0.3) is 0 Å². The Labute approximate surface area is 144 Å². The largest absolute Gasteiger partial charge is 0.466 e. The third-order valence-corrected chi connectivity index (χ3v) is 4.56. The van der Waals surface area contributed by atoms with Crippen molar-refractivity contribution in [3.63, 3.8) is 0 Å². The fourth-order valence-electron chi connectivity index (χ4n) is 2.01. The molecule has 1 fully saturated rings. The van der Waals surface area contributed by atoms with Gasteiger partial charge in [-0.2, -0.15) is 0 Å². The fourth-order valence-corrected chi connectivity index (χ4v) is 3.28. The SMILES string of the molecule is C=CCN1C(=O)C(CCOC(C)=O)SC1=Nc1ccc(Cl)cc1. The summed E-state index contributed by atoms with van der Waals surface area (Å²) in [6.07, 6.45) is 2.11. The molecule has 23 heavy (non-hydrogen) atoms. The van der Waals surface area contributed by atoms with E-state index in [2.05, 4.69) is 11.6 Å². The first-order valence-electron chi connectivity index (χ1n) is 7.08. The Hall–Kier alpha value is -1.79. The van der Waals surface area contributed by atoms with Crippen LogP contribution in [0.15, 0.2) is 41.9 Å². The molecule has 0 aromatic heterocycles. The van der Waals surface area contributed by atoms with Crippen molar-refractivity contribution in [3.8, 4) is 0 Å². The van der Waals surface area contributed by atoms with E-state index in [1.165, 1.54) is 18.7 Å². The van der Waals surface area contributed by atoms with Crippen molar-refractivity contribution in [2.45, 2.75) is 18.6 Å². The first-order chi connectivity index (χ1) is 11.0. The number of hydrogen-bond donors (Lipinski definition) is 0. The zero-order valence-electron chi connectivity index (χ0n) is 12.7. The molecule has 1 atom stereocenters. The van der Waals surface area contributed by atoms with Gasteiger partial charge in [0.05, 0.1) is 17.5 Å². The lowest BCUT2D eigenvalue weighted by atomic mass is 10.3. The van der Waals surface area contributed by atoms with Crippen LogP contribution in [0.5, 0.6) is 0 Å². The fraction of sp³-hybridized carbons (Fsp3) is 0.312. The van der Waals surface area contributed by atoms with Gasteiger partial charge in [-0.15, -0.1) is 6.58 Å². The third-order valence-electron chi connectivity index (χ3n) is 3.07. The lowest BCUT2D eigenvalue weighted by Gasteiger charge is -2.13. The number of aliphatic imine (C=N–C) groups is 1. The van der Waals surface area contributed by atoms with Crippen molar-refractivity contribution in [1.82, 2.24) is 4.90 Å². The highest BCUT2D eigenvalue weighted by molar-refractivity contribution is 8.15. The van der Waals surface area contributed by atoms with Gasteiger partial charge in [-0.1, -0.05) is 29.4 Å². The lowest BCUT2D eigenvalue weighted by Crippen LogP contribution is -2.32. The molecular formula is C16H17ClN2O3S. The lowest BCUT2D eigenvalue weighted by molar-refractivity contribution is -0.141. The predicted octanol–water partition coefficient (Wildman–Crippen LogP) is 3.41. The third kappa shape index (κ3) is 4.84. The van der Waals surface area contributed by atoms with Gasteiger partial charge in [-0.3, -0.25) is 14.5 Å². The van der Waals surface area contributed by atoms with Crippen LogP contribution < -0.4 is 0 Å². The molecule has 5 nitrogen and oxygen atoms in total. The summed E-state index contributed by atoms with van der Waals surface area (Å²) < 4.78 is 4.92. The molecule has 0 N–H and O–H groups in total. The van der Waals surface area contributed by atoms with Crippen molar-refractivity contribution < 1.29 is 14.3 Å². The Balaban J connectivity index is 2.13. The number of hydrogen-bond acceptors (Lipinski definition) is 5. The summed E-state index contributed by atoms with van der Waals surface area (Å²) in [5, 5.41) is 0.941. The summed E-state index contributed by atoms with van der Waals surface area (Å²) in [6, 6.07) is 7.08. The van der Waals surface area contributed by atoms with Crippen LogP contribution in [0.1, 0.15) is 13.3 Å². The van der Waals surface area contributed by atoms with Crippen LogP contribution in [0, 0.1) is 0 Å². The summed E-state index contributed by atoms with van der Waals surface area (Å²) >= 11 is 7.23. The maximum Gasteiger partial charge on any atom is 0.302 e. The molecule has 2 rings (SSSR count). The van der Waals surface area contributed by atoms with Crippen LogP contribution in [0.3, 0.4) is 0 Å². The number of amidine groups is 1. The predicted molar refractivity (Wildman–Crippen MR) is 93.1 cm³/mol. The average molecular weight is 353 g/mol. The normalized spacial score (nSPS) is 19.2. The molecule has 0 spiro atoms. The molecule has 1 saturated heterocycles. The number of esters is 1. The standard InChI is InChI=1S/C16H17ClN2O3S/c1-3-9-19-15(21)14(8-10-22-11(2)20)23-16(19)18-13-6-4-12(17)5-7-13/h3-7,14H,1,8-10H2,2H3. The van der Waals surface area contributed by atoms with Crippen LogP contribution in [-0.2, 0) is 14.3 Å². The first kappa shape index (κ1) is 17.6. The summed E-state index contributed by atoms with van der Waals surface area (Å²) in [5.41, 5.74) is 0.722. The van der Waals surface area contributed by atoms with Gasteiger partial charge >= 0.3 is 5.97 Å². The highest BCUT2D eigenvalue weighted by Crippen LogP contribution is 2.31. The molecule has 1 unspecified atom stereocenters. The molecule has 1 aliphatic heterocycles. The van der Waals surface area contributed by atoms with Crippen molar-refractivity contribution >= 4 is 46.1 Å². The zero-order chi connectivity index (χ0) is 16.8. The number of halogens is 1. The molecule has 0 saturated carbocycles. The number of thioether (sulfide) groups is 1. The van der Waals surface area contributed by atoms with E-state index in [1.54, 1.807) is 35.2 Å². The molecule has 1 aromatic carbocycles. The molecule has 1 aliphatic rings. The quantitative estimate of drug-likeness (QED) is 0.581. The minimum atomic E-state index is -0.349. The smallest absolute Gasteiger partial charge is 0.302 e. The van der Waals surface area contributed by atoms with E-state index in [4.69, 9.17) is 16.3 Å². The van der Waals surface area contributed by atoms with Crippen molar-refractivity contribution in [2.24, 2.45) is 4.99 Å². The van der Waals surface area contributed by atoms with Crippen LogP contribution >= 0.6 is 23.4 Å². The Bertz CT molecular complexity index is 631. The molecule has 7 heteroatoms. The van der Waals surface area contributed by atoms with Crippen LogP contribution in [0.2, 0.25) is 5.02 Å². The molecule has 1 heterocycles. The monoisotopic (exact) mass is 352 g/mol. The van der Waals surface area contributed by atoms with Gasteiger partial charge in [0.15, 0.2) is 5.17 Å². The van der Waals surface area contributed by atoms with E-state index in [0.29, 0.717) is 23.2 Å². The van der Waals surface area contributed by atoms with Crippen LogP contribution in [0.4, 0.5) is 5.69 Å². The molecule has 1 aromatic rings. The number of rotatable bonds is 6. The number of carbonyl (C=O) groups is 2. The topological polar surface area (TPSA) is 59.0 Å². The minimum absolute atomic E-state index is 0.0465. The van der Waals surface area contributed by atoms with Crippen LogP contribution in [-0.4, -0.2) is 40.3 Å². The van der Waals surface area contributed by atoms with Crippen molar-refractivity contribution in [2.75, 3.05) is 13.2 Å². The molecule has 122 valence electrons. The summed E-state index contributed by atoms with van der Waals surface area (Å²) in [5.74, 6) is -0.395. The van der Waals surface area contributed by atoms with Crippen LogP contribution in [0.25, 0.3) is 0 Å². The Morgan fingerprint density at radius 3 is 2.78 bits per heavy atom. The summed E-state index contributed by atoms with van der Waals surface area (Å²) in [7, 11) is 0. The summed E-state index contributed by atoms with van der Waals surface area (Å²) in [4.78, 5) is 29.4. The average Bonchev–Trinajstić information content (AvgIpc) is 2.79. The van der Waals surface area contributed by atoms with E-state index >= 15 is 0 Å². The van der Waals surface area contributed by atoms with Crippen molar-refractivity contribution in [1.29, 1.82) is 0 Å². The van der Waals surface area contributed by atoms with E-state index in [0.717, 1.165) is 5.69 Å². The Morgan fingerprint density at radius 2 is 2.17 bits per heavy atom. The second-order valence-corrected chi connectivity index (χ2v) is 6.45. The van der Waals surface area contributed by atoms with E-state index in [9.17, 15) is 9.59 Å². The number of benzene rings is 1. The van der Waals surface area contributed by atoms with E-state index < -0.39 is 0 Å². The molecule has 1 amide bonds. The molecule has 0 radical (unpaired) electrons. The van der Waals surface area contributed by atoms with E-state index in [1.807, 2.05) is 0 Å². The van der Waals surface area contributed by atoms with Crippen molar-refractivity contribution in [3.05, 3.63) is 41.9 Å². The van der Waals surface area contributed by atoms with Gasteiger partial charge in [0.2, 0.25) is 5.91 Å². The molecule has 0 bridgehead atoms. The minimum Gasteiger partial charge on any atom is -0.466 e. The van der Waals surface area contributed by atoms with Gasteiger partial charge in [-0.25, -0.2) is 4.99 Å². The highest BCUT2D eigenvalue weighted by Gasteiger charge is 2.37. The van der Waals surface area contributed by atoms with Gasteiger partial charge in [0.1, 0.15) is 0 Å². The second-order valence-electron chi connectivity index (χ2n) is 4.84. The van der Waals surface area contributed by atoms with Gasteiger partial charge in [-0.05, 0) is 24.3 Å². The number of amides is 1. The van der Waals surface area contributed by atoms with Gasteiger partial charge in [0, 0.05) is 24.9 Å². The number of carbonyl (C=O) groups excluding carboxylic acids is 2. The first-order valence-corrected chi connectivity index (χ1v) is 8.33. The summed E-state index contributed by atoms with van der Waals surface area (Å²) in [6.45, 7) is 5.63. The Kier molecular flexibility index (Phi) is 6.24.